The van der Waals surface area contributed by atoms with Gasteiger partial charge in [0.25, 0.3) is 5.89 Å². The SMILES string of the molecule is CCCO[C@@H]1C[C@@H](C(=O)NCc2noc(-c3c(F)cccc3F)n2)CC[C@H]1N. The number of rotatable bonds is 7. The first-order chi connectivity index (χ1) is 13.5. The molecule has 1 heterocycles. The van der Waals surface area contributed by atoms with E-state index in [0.717, 1.165) is 18.6 Å². The minimum Gasteiger partial charge on any atom is -0.377 e. The number of amides is 1. The third-order valence-corrected chi connectivity index (χ3v) is 4.82. The Morgan fingerprint density at radius 1 is 1.36 bits per heavy atom. The number of benzene rings is 1. The molecule has 0 aliphatic heterocycles. The lowest BCUT2D eigenvalue weighted by molar-refractivity contribution is -0.128. The number of nitrogens with zero attached hydrogens (tertiary/aromatic N) is 2. The van der Waals surface area contributed by atoms with E-state index >= 15 is 0 Å². The predicted octanol–water partition coefficient (Wildman–Crippen LogP) is 2.55. The largest absolute Gasteiger partial charge is 0.377 e. The van der Waals surface area contributed by atoms with Crippen LogP contribution in [0.15, 0.2) is 22.7 Å². The summed E-state index contributed by atoms with van der Waals surface area (Å²) < 4.78 is 38.3. The zero-order valence-corrected chi connectivity index (χ0v) is 15.7. The number of nitrogens with two attached hydrogens (primary N) is 1. The van der Waals surface area contributed by atoms with Crippen molar-refractivity contribution in [3.05, 3.63) is 35.7 Å². The molecule has 3 N–H and O–H groups in total. The predicted molar refractivity (Wildman–Crippen MR) is 96.8 cm³/mol. The Labute approximate surface area is 161 Å². The summed E-state index contributed by atoms with van der Waals surface area (Å²) >= 11 is 0. The summed E-state index contributed by atoms with van der Waals surface area (Å²) in [6, 6.07) is 3.40. The van der Waals surface area contributed by atoms with Gasteiger partial charge < -0.3 is 20.3 Å². The van der Waals surface area contributed by atoms with Crippen molar-refractivity contribution in [2.45, 2.75) is 51.3 Å². The molecule has 3 rings (SSSR count). The number of hydrogen-bond donors (Lipinski definition) is 2. The van der Waals surface area contributed by atoms with Crippen LogP contribution in [0.25, 0.3) is 11.5 Å². The van der Waals surface area contributed by atoms with Gasteiger partial charge in [-0.25, -0.2) is 8.78 Å². The van der Waals surface area contributed by atoms with Gasteiger partial charge in [-0.15, -0.1) is 0 Å². The number of carbonyl (C=O) groups is 1. The van der Waals surface area contributed by atoms with Gasteiger partial charge in [0.1, 0.15) is 17.2 Å². The minimum absolute atomic E-state index is 0.00143. The third kappa shape index (κ3) is 4.71. The fourth-order valence-electron chi connectivity index (χ4n) is 3.29. The molecular weight excluding hydrogens is 370 g/mol. The molecule has 3 atom stereocenters. The molecule has 1 amide bonds. The highest BCUT2D eigenvalue weighted by atomic mass is 19.1. The average Bonchev–Trinajstić information content (AvgIpc) is 3.14. The van der Waals surface area contributed by atoms with E-state index in [2.05, 4.69) is 15.5 Å². The highest BCUT2D eigenvalue weighted by molar-refractivity contribution is 5.78. The number of carbonyl (C=O) groups excluding carboxylic acids is 1. The van der Waals surface area contributed by atoms with E-state index in [4.69, 9.17) is 15.0 Å². The fourth-order valence-corrected chi connectivity index (χ4v) is 3.29. The fraction of sp³-hybridized carbons (Fsp3) is 0.526. The molecular formula is C19H24F2N4O3. The summed E-state index contributed by atoms with van der Waals surface area (Å²) in [6.07, 6.45) is 2.71. The Morgan fingerprint density at radius 3 is 2.82 bits per heavy atom. The topological polar surface area (TPSA) is 103 Å². The molecule has 0 radical (unpaired) electrons. The van der Waals surface area contributed by atoms with Crippen molar-refractivity contribution in [1.82, 2.24) is 15.5 Å². The molecule has 1 aliphatic carbocycles. The van der Waals surface area contributed by atoms with Crippen LogP contribution in [-0.2, 0) is 16.1 Å². The normalized spacial score (nSPS) is 22.2. The van der Waals surface area contributed by atoms with Gasteiger partial charge in [0, 0.05) is 18.6 Å². The van der Waals surface area contributed by atoms with Gasteiger partial charge in [-0.1, -0.05) is 18.1 Å². The molecule has 7 nitrogen and oxygen atoms in total. The number of halogens is 2. The number of aromatic nitrogens is 2. The molecule has 0 bridgehead atoms. The van der Waals surface area contributed by atoms with E-state index in [-0.39, 0.29) is 47.8 Å². The van der Waals surface area contributed by atoms with Crippen molar-refractivity contribution in [3.63, 3.8) is 0 Å². The van der Waals surface area contributed by atoms with E-state index in [1.54, 1.807) is 0 Å². The highest BCUT2D eigenvalue weighted by Crippen LogP contribution is 2.27. The van der Waals surface area contributed by atoms with Gasteiger partial charge >= 0.3 is 0 Å². The molecule has 0 unspecified atom stereocenters. The molecule has 0 saturated heterocycles. The van der Waals surface area contributed by atoms with Gasteiger partial charge in [-0.05, 0) is 37.8 Å². The van der Waals surface area contributed by atoms with Gasteiger partial charge in [0.05, 0.1) is 12.6 Å². The first-order valence-electron chi connectivity index (χ1n) is 9.41. The van der Waals surface area contributed by atoms with Crippen molar-refractivity contribution < 1.29 is 22.8 Å². The van der Waals surface area contributed by atoms with Crippen molar-refractivity contribution in [2.75, 3.05) is 6.61 Å². The Kier molecular flexibility index (Phi) is 6.69. The van der Waals surface area contributed by atoms with Crippen LogP contribution in [0.1, 0.15) is 38.4 Å². The highest BCUT2D eigenvalue weighted by Gasteiger charge is 2.32. The molecule has 1 fully saturated rings. The Morgan fingerprint density at radius 2 is 2.11 bits per heavy atom. The number of ether oxygens (including phenoxy) is 1. The van der Waals surface area contributed by atoms with Crippen LogP contribution in [-0.4, -0.2) is 34.8 Å². The molecule has 2 aromatic rings. The van der Waals surface area contributed by atoms with Crippen molar-refractivity contribution in [2.24, 2.45) is 11.7 Å². The Bertz CT molecular complexity index is 794. The van der Waals surface area contributed by atoms with Crippen LogP contribution in [0.5, 0.6) is 0 Å². The van der Waals surface area contributed by atoms with Crippen LogP contribution in [0.3, 0.4) is 0 Å². The summed E-state index contributed by atoms with van der Waals surface area (Å²) in [5.74, 6) is -2.09. The smallest absolute Gasteiger partial charge is 0.263 e. The molecule has 1 aromatic heterocycles. The third-order valence-electron chi connectivity index (χ3n) is 4.82. The quantitative estimate of drug-likeness (QED) is 0.748. The summed E-state index contributed by atoms with van der Waals surface area (Å²) in [7, 11) is 0. The summed E-state index contributed by atoms with van der Waals surface area (Å²) in [6.45, 7) is 2.64. The van der Waals surface area contributed by atoms with E-state index in [1.807, 2.05) is 6.92 Å². The second-order valence-corrected chi connectivity index (χ2v) is 6.91. The molecule has 1 saturated carbocycles. The van der Waals surface area contributed by atoms with Crippen molar-refractivity contribution in [3.8, 4) is 11.5 Å². The van der Waals surface area contributed by atoms with E-state index in [9.17, 15) is 13.6 Å². The van der Waals surface area contributed by atoms with Crippen molar-refractivity contribution >= 4 is 5.91 Å². The lowest BCUT2D eigenvalue weighted by Gasteiger charge is -2.33. The van der Waals surface area contributed by atoms with Crippen LogP contribution >= 0.6 is 0 Å². The van der Waals surface area contributed by atoms with E-state index < -0.39 is 11.6 Å². The molecule has 1 aromatic carbocycles. The van der Waals surface area contributed by atoms with Crippen LogP contribution in [0.4, 0.5) is 8.78 Å². The lowest BCUT2D eigenvalue weighted by atomic mass is 9.83. The molecule has 1 aliphatic rings. The molecule has 28 heavy (non-hydrogen) atoms. The molecule has 152 valence electrons. The standard InChI is InChI=1S/C19H24F2N4O3/c1-2-8-27-15-9-11(6-7-14(15)22)18(26)23-10-16-24-19(28-25-16)17-12(20)4-3-5-13(17)21/h3-5,11,14-15H,2,6-10,22H2,1H3,(H,23,26)/t11-,14+,15+/m0/s1. The van der Waals surface area contributed by atoms with Crippen molar-refractivity contribution in [1.29, 1.82) is 0 Å². The minimum atomic E-state index is -0.795. The van der Waals surface area contributed by atoms with Gasteiger partial charge in [0.15, 0.2) is 5.82 Å². The summed E-state index contributed by atoms with van der Waals surface area (Å²) in [5, 5.41) is 6.43. The lowest BCUT2D eigenvalue weighted by Crippen LogP contribution is -2.45. The maximum Gasteiger partial charge on any atom is 0.263 e. The maximum atomic E-state index is 13.8. The number of hydrogen-bond acceptors (Lipinski definition) is 6. The van der Waals surface area contributed by atoms with E-state index in [1.165, 1.54) is 6.07 Å². The van der Waals surface area contributed by atoms with E-state index in [0.29, 0.717) is 25.9 Å². The monoisotopic (exact) mass is 394 g/mol. The second kappa shape index (κ2) is 9.20. The Hall–Kier alpha value is -2.39. The second-order valence-electron chi connectivity index (χ2n) is 6.91. The summed E-state index contributed by atoms with van der Waals surface area (Å²) in [5.41, 5.74) is 5.69. The Balaban J connectivity index is 1.57. The molecule has 0 spiro atoms. The average molecular weight is 394 g/mol. The zero-order chi connectivity index (χ0) is 20.1. The zero-order valence-electron chi connectivity index (χ0n) is 15.7. The maximum absolute atomic E-state index is 13.8. The first kappa shape index (κ1) is 20.3. The van der Waals surface area contributed by atoms with Gasteiger partial charge in [0.2, 0.25) is 5.91 Å². The van der Waals surface area contributed by atoms with Gasteiger partial charge in [-0.3, -0.25) is 4.79 Å². The summed E-state index contributed by atoms with van der Waals surface area (Å²) in [4.78, 5) is 16.4. The molecule has 9 heteroatoms. The van der Waals surface area contributed by atoms with Crippen LogP contribution in [0, 0.1) is 17.6 Å². The number of nitrogens with one attached hydrogen (secondary N) is 1. The first-order valence-corrected chi connectivity index (χ1v) is 9.41. The van der Waals surface area contributed by atoms with Crippen LogP contribution < -0.4 is 11.1 Å². The van der Waals surface area contributed by atoms with Gasteiger partial charge in [-0.2, -0.15) is 4.98 Å². The van der Waals surface area contributed by atoms with Crippen LogP contribution in [0.2, 0.25) is 0 Å².